The predicted molar refractivity (Wildman–Crippen MR) is 60.7 cm³/mol. The number of phenols is 1. The van der Waals surface area contributed by atoms with E-state index in [2.05, 4.69) is 27.7 Å². The van der Waals surface area contributed by atoms with Gasteiger partial charge in [0, 0.05) is 5.56 Å². The lowest BCUT2D eigenvalue weighted by atomic mass is 9.74. The molecule has 0 amide bonds. The fraction of sp³-hybridized carbons (Fsp3) is 0.538. The molecule has 1 heteroatoms. The molecule has 1 N–H and O–H groups in total. The van der Waals surface area contributed by atoms with Crippen molar-refractivity contribution in [2.24, 2.45) is 5.92 Å². The first-order valence-corrected chi connectivity index (χ1v) is 5.16. The monoisotopic (exact) mass is 192 g/mol. The minimum atomic E-state index is 0.0239. The lowest BCUT2D eigenvalue weighted by molar-refractivity contribution is 0.351. The smallest absolute Gasteiger partial charge is 0.122 e. The number of para-hydroxylation sites is 1. The van der Waals surface area contributed by atoms with Crippen LogP contribution in [-0.2, 0) is 5.41 Å². The minimum absolute atomic E-state index is 0.0239. The number of hydrogen-bond acceptors (Lipinski definition) is 1. The Morgan fingerprint density at radius 1 is 1.21 bits per heavy atom. The first-order valence-electron chi connectivity index (χ1n) is 5.16. The van der Waals surface area contributed by atoms with Gasteiger partial charge in [0.25, 0.3) is 0 Å². The van der Waals surface area contributed by atoms with Gasteiger partial charge in [0.2, 0.25) is 0 Å². The molecule has 14 heavy (non-hydrogen) atoms. The van der Waals surface area contributed by atoms with Gasteiger partial charge in [0.1, 0.15) is 5.75 Å². The predicted octanol–water partition coefficient (Wildman–Crippen LogP) is 3.63. The Morgan fingerprint density at radius 2 is 1.79 bits per heavy atom. The van der Waals surface area contributed by atoms with Crippen LogP contribution in [0.15, 0.2) is 18.2 Å². The highest BCUT2D eigenvalue weighted by Gasteiger charge is 2.27. The van der Waals surface area contributed by atoms with Gasteiger partial charge in [-0.1, -0.05) is 45.9 Å². The normalized spacial score (nSPS) is 12.1. The summed E-state index contributed by atoms with van der Waals surface area (Å²) < 4.78 is 0. The topological polar surface area (TPSA) is 20.2 Å². The van der Waals surface area contributed by atoms with E-state index in [0.717, 1.165) is 11.1 Å². The number of aryl methyl sites for hydroxylation is 1. The van der Waals surface area contributed by atoms with Gasteiger partial charge in [0.15, 0.2) is 0 Å². The van der Waals surface area contributed by atoms with Crippen molar-refractivity contribution in [1.29, 1.82) is 0 Å². The lowest BCUT2D eigenvalue weighted by Crippen LogP contribution is -2.24. The summed E-state index contributed by atoms with van der Waals surface area (Å²) in [7, 11) is 0. The number of phenolic OH excluding ortho intramolecular Hbond substituents is 1. The first-order chi connectivity index (χ1) is 6.37. The zero-order valence-electron chi connectivity index (χ0n) is 9.76. The second-order valence-corrected chi connectivity index (χ2v) is 4.85. The molecule has 0 aliphatic rings. The number of aromatic hydroxyl groups is 1. The summed E-state index contributed by atoms with van der Waals surface area (Å²) in [4.78, 5) is 0. The summed E-state index contributed by atoms with van der Waals surface area (Å²) >= 11 is 0. The highest BCUT2D eigenvalue weighted by atomic mass is 16.3. The number of hydrogen-bond donors (Lipinski definition) is 1. The largest absolute Gasteiger partial charge is 0.507 e. The Kier molecular flexibility index (Phi) is 2.89. The van der Waals surface area contributed by atoms with E-state index >= 15 is 0 Å². The molecule has 1 aromatic rings. The van der Waals surface area contributed by atoms with Crippen LogP contribution < -0.4 is 0 Å². The van der Waals surface area contributed by atoms with Gasteiger partial charge in [-0.25, -0.2) is 0 Å². The summed E-state index contributed by atoms with van der Waals surface area (Å²) in [6.45, 7) is 10.6. The zero-order chi connectivity index (χ0) is 10.9. The SMILES string of the molecule is Cc1cccc(C(C)(C)C(C)C)c1O. The van der Waals surface area contributed by atoms with Crippen molar-refractivity contribution < 1.29 is 5.11 Å². The van der Waals surface area contributed by atoms with E-state index < -0.39 is 0 Å². The average Bonchev–Trinajstić information content (AvgIpc) is 2.09. The quantitative estimate of drug-likeness (QED) is 0.758. The van der Waals surface area contributed by atoms with Crippen molar-refractivity contribution in [3.8, 4) is 5.75 Å². The summed E-state index contributed by atoms with van der Waals surface area (Å²) in [5.74, 6) is 0.960. The molecule has 0 heterocycles. The molecule has 0 saturated carbocycles. The molecule has 0 unspecified atom stereocenters. The van der Waals surface area contributed by atoms with Gasteiger partial charge < -0.3 is 5.11 Å². The van der Waals surface area contributed by atoms with Crippen molar-refractivity contribution >= 4 is 0 Å². The van der Waals surface area contributed by atoms with Crippen LogP contribution in [0.2, 0.25) is 0 Å². The van der Waals surface area contributed by atoms with Gasteiger partial charge in [-0.05, 0) is 23.8 Å². The molecular formula is C13H20O. The molecule has 1 aromatic carbocycles. The summed E-state index contributed by atoms with van der Waals surface area (Å²) in [6, 6.07) is 5.96. The van der Waals surface area contributed by atoms with Crippen LogP contribution in [-0.4, -0.2) is 5.11 Å². The molecular weight excluding hydrogens is 172 g/mol. The zero-order valence-corrected chi connectivity index (χ0v) is 9.76. The maximum atomic E-state index is 9.98. The Bertz CT molecular complexity index is 324. The Hall–Kier alpha value is -0.980. The van der Waals surface area contributed by atoms with E-state index in [1.54, 1.807) is 0 Å². The average molecular weight is 192 g/mol. The van der Waals surface area contributed by atoms with Crippen LogP contribution in [0.3, 0.4) is 0 Å². The maximum Gasteiger partial charge on any atom is 0.122 e. The van der Waals surface area contributed by atoms with Crippen LogP contribution in [0.5, 0.6) is 5.75 Å². The molecule has 1 rings (SSSR count). The van der Waals surface area contributed by atoms with E-state index in [0.29, 0.717) is 11.7 Å². The molecule has 0 fully saturated rings. The van der Waals surface area contributed by atoms with Gasteiger partial charge in [-0.2, -0.15) is 0 Å². The van der Waals surface area contributed by atoms with E-state index in [1.807, 2.05) is 25.1 Å². The molecule has 0 radical (unpaired) electrons. The Morgan fingerprint density at radius 3 is 2.29 bits per heavy atom. The van der Waals surface area contributed by atoms with Crippen molar-refractivity contribution in [2.45, 2.75) is 40.0 Å². The molecule has 78 valence electrons. The van der Waals surface area contributed by atoms with Crippen LogP contribution in [0, 0.1) is 12.8 Å². The van der Waals surface area contributed by atoms with Crippen LogP contribution in [0.25, 0.3) is 0 Å². The number of benzene rings is 1. The van der Waals surface area contributed by atoms with Gasteiger partial charge in [0.05, 0.1) is 0 Å². The molecule has 0 bridgehead atoms. The molecule has 0 aliphatic heterocycles. The van der Waals surface area contributed by atoms with Crippen molar-refractivity contribution in [1.82, 2.24) is 0 Å². The second-order valence-electron chi connectivity index (χ2n) is 4.85. The first kappa shape index (κ1) is 11.1. The molecule has 0 atom stereocenters. The van der Waals surface area contributed by atoms with Crippen molar-refractivity contribution in [3.05, 3.63) is 29.3 Å². The highest BCUT2D eigenvalue weighted by molar-refractivity contribution is 5.43. The second kappa shape index (κ2) is 3.64. The molecule has 0 aliphatic carbocycles. The van der Waals surface area contributed by atoms with Gasteiger partial charge >= 0.3 is 0 Å². The minimum Gasteiger partial charge on any atom is -0.507 e. The van der Waals surface area contributed by atoms with Crippen LogP contribution >= 0.6 is 0 Å². The third-order valence-corrected chi connectivity index (χ3v) is 3.38. The van der Waals surface area contributed by atoms with E-state index in [1.165, 1.54) is 0 Å². The third-order valence-electron chi connectivity index (χ3n) is 3.38. The fourth-order valence-corrected chi connectivity index (χ4v) is 1.49. The molecule has 0 saturated heterocycles. The van der Waals surface area contributed by atoms with Crippen molar-refractivity contribution in [3.63, 3.8) is 0 Å². The van der Waals surface area contributed by atoms with E-state index in [9.17, 15) is 5.11 Å². The standard InChI is InChI=1S/C13H20O/c1-9(2)13(4,5)11-8-6-7-10(3)12(11)14/h6-9,14H,1-5H3. The van der Waals surface area contributed by atoms with Crippen LogP contribution in [0.1, 0.15) is 38.8 Å². The highest BCUT2D eigenvalue weighted by Crippen LogP contribution is 2.37. The summed E-state index contributed by atoms with van der Waals surface area (Å²) in [5.41, 5.74) is 2.03. The van der Waals surface area contributed by atoms with Gasteiger partial charge in [-0.15, -0.1) is 0 Å². The number of rotatable bonds is 2. The van der Waals surface area contributed by atoms with Gasteiger partial charge in [-0.3, -0.25) is 0 Å². The van der Waals surface area contributed by atoms with Crippen molar-refractivity contribution in [2.75, 3.05) is 0 Å². The Balaban J connectivity index is 3.26. The fourth-order valence-electron chi connectivity index (χ4n) is 1.49. The maximum absolute atomic E-state index is 9.98. The Labute approximate surface area is 86.8 Å². The summed E-state index contributed by atoms with van der Waals surface area (Å²) in [5, 5.41) is 9.98. The molecule has 1 nitrogen and oxygen atoms in total. The van der Waals surface area contributed by atoms with Crippen LogP contribution in [0.4, 0.5) is 0 Å². The summed E-state index contributed by atoms with van der Waals surface area (Å²) in [6.07, 6.45) is 0. The van der Waals surface area contributed by atoms with E-state index in [4.69, 9.17) is 0 Å². The molecule has 0 aromatic heterocycles. The molecule has 0 spiro atoms. The van der Waals surface area contributed by atoms with E-state index in [-0.39, 0.29) is 5.41 Å². The lowest BCUT2D eigenvalue weighted by Gasteiger charge is -2.30. The third kappa shape index (κ3) is 1.77.